The van der Waals surface area contributed by atoms with E-state index < -0.39 is 0 Å². The average molecular weight is 287 g/mol. The molecule has 0 radical (unpaired) electrons. The molecular formula is C18H25NO2. The number of amides is 1. The smallest absolute Gasteiger partial charge is 0.254 e. The van der Waals surface area contributed by atoms with Crippen molar-refractivity contribution < 1.29 is 9.90 Å². The molecule has 0 fully saturated rings. The summed E-state index contributed by atoms with van der Waals surface area (Å²) in [5.74, 6) is 5.99. The third kappa shape index (κ3) is 4.61. The summed E-state index contributed by atoms with van der Waals surface area (Å²) in [4.78, 5) is 14.5. The van der Waals surface area contributed by atoms with Crippen LogP contribution in [0.25, 0.3) is 0 Å². The van der Waals surface area contributed by atoms with Crippen LogP contribution in [0.3, 0.4) is 0 Å². The highest BCUT2D eigenvalue weighted by Crippen LogP contribution is 2.15. The van der Waals surface area contributed by atoms with Crippen LogP contribution in [0.2, 0.25) is 0 Å². The largest absolute Gasteiger partial charge is 0.395 e. The van der Waals surface area contributed by atoms with Gasteiger partial charge in [-0.25, -0.2) is 0 Å². The minimum atomic E-state index is 0.0528. The summed E-state index contributed by atoms with van der Waals surface area (Å²) in [6.07, 6.45) is 1.39. The number of carbonyl (C=O) groups excluding carboxylic acids is 1. The van der Waals surface area contributed by atoms with E-state index in [2.05, 4.69) is 25.7 Å². The summed E-state index contributed by atoms with van der Waals surface area (Å²) in [5, 5.41) is 8.79. The molecule has 0 aromatic heterocycles. The molecule has 114 valence electrons. The Hall–Kier alpha value is -1.79. The van der Waals surface area contributed by atoms with Gasteiger partial charge in [0.15, 0.2) is 0 Å². The van der Waals surface area contributed by atoms with Gasteiger partial charge >= 0.3 is 0 Å². The lowest BCUT2D eigenvalue weighted by atomic mass is 10.0. The van der Waals surface area contributed by atoms with E-state index in [1.807, 2.05) is 36.9 Å². The first-order valence-electron chi connectivity index (χ1n) is 7.56. The highest BCUT2D eigenvalue weighted by atomic mass is 16.2. The molecule has 3 heteroatoms. The van der Waals surface area contributed by atoms with Crippen molar-refractivity contribution in [2.45, 2.75) is 46.6 Å². The molecule has 0 saturated heterocycles. The Balaban J connectivity index is 3.06. The first-order chi connectivity index (χ1) is 10.0. The van der Waals surface area contributed by atoms with Crippen molar-refractivity contribution in [2.75, 3.05) is 13.2 Å². The number of aryl methyl sites for hydroxylation is 1. The Morgan fingerprint density at radius 2 is 2.10 bits per heavy atom. The molecule has 1 amide bonds. The van der Waals surface area contributed by atoms with E-state index in [0.717, 1.165) is 17.5 Å². The van der Waals surface area contributed by atoms with Gasteiger partial charge in [-0.05, 0) is 44.9 Å². The second kappa shape index (κ2) is 8.49. The van der Waals surface area contributed by atoms with Crippen LogP contribution in [-0.2, 0) is 0 Å². The first kappa shape index (κ1) is 17.3. The SMILES string of the molecule is CCC(C)N(CC)C(=O)c1ccc(C)c(C#CCCO)c1. The van der Waals surface area contributed by atoms with Crippen LogP contribution in [0.1, 0.15) is 55.1 Å². The van der Waals surface area contributed by atoms with E-state index in [-0.39, 0.29) is 18.6 Å². The third-order valence-corrected chi connectivity index (χ3v) is 3.67. The topological polar surface area (TPSA) is 40.5 Å². The van der Waals surface area contributed by atoms with E-state index in [1.165, 1.54) is 0 Å². The molecule has 1 N–H and O–H groups in total. The van der Waals surface area contributed by atoms with Gasteiger partial charge in [0.05, 0.1) is 6.61 Å². The number of hydrogen-bond acceptors (Lipinski definition) is 2. The van der Waals surface area contributed by atoms with Gasteiger partial charge in [-0.1, -0.05) is 24.8 Å². The highest BCUT2D eigenvalue weighted by Gasteiger charge is 2.19. The van der Waals surface area contributed by atoms with Crippen LogP contribution in [0.4, 0.5) is 0 Å². The van der Waals surface area contributed by atoms with Crippen molar-refractivity contribution in [3.63, 3.8) is 0 Å². The van der Waals surface area contributed by atoms with Gasteiger partial charge < -0.3 is 10.0 Å². The maximum absolute atomic E-state index is 12.6. The van der Waals surface area contributed by atoms with Crippen LogP contribution >= 0.6 is 0 Å². The fraction of sp³-hybridized carbons (Fsp3) is 0.500. The number of benzene rings is 1. The van der Waals surface area contributed by atoms with E-state index in [4.69, 9.17) is 5.11 Å². The van der Waals surface area contributed by atoms with Gasteiger partial charge in [0.25, 0.3) is 5.91 Å². The standard InChI is InChI=1S/C18H25NO2/c1-5-15(4)19(6-2)18(21)17-11-10-14(3)16(13-17)9-7-8-12-20/h10-11,13,15,20H,5-6,8,12H2,1-4H3. The fourth-order valence-electron chi connectivity index (χ4n) is 2.14. The van der Waals surface area contributed by atoms with Gasteiger partial charge in [0.2, 0.25) is 0 Å². The van der Waals surface area contributed by atoms with Crippen molar-refractivity contribution in [1.82, 2.24) is 4.90 Å². The van der Waals surface area contributed by atoms with Gasteiger partial charge in [-0.15, -0.1) is 0 Å². The van der Waals surface area contributed by atoms with Gasteiger partial charge in [0.1, 0.15) is 0 Å². The van der Waals surface area contributed by atoms with E-state index >= 15 is 0 Å². The second-order valence-corrected chi connectivity index (χ2v) is 5.15. The fourth-order valence-corrected chi connectivity index (χ4v) is 2.14. The van der Waals surface area contributed by atoms with E-state index in [1.54, 1.807) is 0 Å². The molecule has 1 rings (SSSR count). The Kier molecular flexibility index (Phi) is 6.98. The van der Waals surface area contributed by atoms with Crippen LogP contribution < -0.4 is 0 Å². The van der Waals surface area contributed by atoms with Crippen molar-refractivity contribution >= 4 is 5.91 Å². The molecule has 0 aliphatic heterocycles. The molecule has 0 aliphatic rings. The lowest BCUT2D eigenvalue weighted by Crippen LogP contribution is -2.38. The zero-order valence-electron chi connectivity index (χ0n) is 13.4. The maximum atomic E-state index is 12.6. The normalized spacial score (nSPS) is 11.5. The number of nitrogens with zero attached hydrogens (tertiary/aromatic N) is 1. The van der Waals surface area contributed by atoms with Crippen molar-refractivity contribution in [2.24, 2.45) is 0 Å². The number of aliphatic hydroxyl groups is 1. The minimum Gasteiger partial charge on any atom is -0.395 e. The average Bonchev–Trinajstić information content (AvgIpc) is 2.49. The highest BCUT2D eigenvalue weighted by molar-refractivity contribution is 5.95. The quantitative estimate of drug-likeness (QED) is 0.846. The summed E-state index contributed by atoms with van der Waals surface area (Å²) < 4.78 is 0. The Bertz CT molecular complexity index is 540. The molecule has 0 heterocycles. The summed E-state index contributed by atoms with van der Waals surface area (Å²) in [6.45, 7) is 8.89. The molecule has 21 heavy (non-hydrogen) atoms. The zero-order chi connectivity index (χ0) is 15.8. The summed E-state index contributed by atoms with van der Waals surface area (Å²) in [6, 6.07) is 5.88. The van der Waals surface area contributed by atoms with Crippen molar-refractivity contribution in [3.05, 3.63) is 34.9 Å². The molecule has 3 nitrogen and oxygen atoms in total. The predicted molar refractivity (Wildman–Crippen MR) is 86.2 cm³/mol. The van der Waals surface area contributed by atoms with Crippen LogP contribution in [-0.4, -0.2) is 35.1 Å². The summed E-state index contributed by atoms with van der Waals surface area (Å²) in [5.41, 5.74) is 2.58. The lowest BCUT2D eigenvalue weighted by Gasteiger charge is -2.27. The van der Waals surface area contributed by atoms with Gasteiger partial charge in [-0.3, -0.25) is 4.79 Å². The van der Waals surface area contributed by atoms with Crippen LogP contribution in [0.15, 0.2) is 18.2 Å². The molecule has 1 aromatic rings. The molecule has 0 saturated carbocycles. The first-order valence-corrected chi connectivity index (χ1v) is 7.56. The predicted octanol–water partition coefficient (Wildman–Crippen LogP) is 2.99. The molecular weight excluding hydrogens is 262 g/mol. The monoisotopic (exact) mass is 287 g/mol. The second-order valence-electron chi connectivity index (χ2n) is 5.15. The Morgan fingerprint density at radius 3 is 2.67 bits per heavy atom. The maximum Gasteiger partial charge on any atom is 0.254 e. The Labute approximate surface area is 128 Å². The lowest BCUT2D eigenvalue weighted by molar-refractivity contribution is 0.0700. The molecule has 0 bridgehead atoms. The van der Waals surface area contributed by atoms with Crippen molar-refractivity contribution in [1.29, 1.82) is 0 Å². The molecule has 0 spiro atoms. The van der Waals surface area contributed by atoms with E-state index in [9.17, 15) is 4.79 Å². The number of aliphatic hydroxyl groups excluding tert-OH is 1. The number of carbonyl (C=O) groups is 1. The van der Waals surface area contributed by atoms with Crippen LogP contribution in [0, 0.1) is 18.8 Å². The van der Waals surface area contributed by atoms with Gasteiger partial charge in [-0.2, -0.15) is 0 Å². The van der Waals surface area contributed by atoms with E-state index in [0.29, 0.717) is 18.5 Å². The van der Waals surface area contributed by atoms with Crippen molar-refractivity contribution in [3.8, 4) is 11.8 Å². The molecule has 1 unspecified atom stereocenters. The Morgan fingerprint density at radius 1 is 1.38 bits per heavy atom. The molecule has 1 atom stereocenters. The zero-order valence-corrected chi connectivity index (χ0v) is 13.4. The number of hydrogen-bond donors (Lipinski definition) is 1. The summed E-state index contributed by atoms with van der Waals surface area (Å²) in [7, 11) is 0. The third-order valence-electron chi connectivity index (χ3n) is 3.67. The molecule has 1 aromatic carbocycles. The van der Waals surface area contributed by atoms with Gasteiger partial charge in [0, 0.05) is 30.1 Å². The van der Waals surface area contributed by atoms with Crippen LogP contribution in [0.5, 0.6) is 0 Å². The molecule has 0 aliphatic carbocycles. The number of rotatable bonds is 5. The summed E-state index contributed by atoms with van der Waals surface area (Å²) >= 11 is 0. The minimum absolute atomic E-state index is 0.0528.